The highest BCUT2D eigenvalue weighted by Crippen LogP contribution is 2.31. The van der Waals surface area contributed by atoms with Crippen LogP contribution in [0.4, 0.5) is 0 Å². The Labute approximate surface area is 133 Å². The minimum absolute atomic E-state index is 0.0806. The van der Waals surface area contributed by atoms with E-state index in [0.29, 0.717) is 12.2 Å². The number of hydrogen-bond donors (Lipinski definition) is 0. The molecular weight excluding hydrogens is 292 g/mol. The highest BCUT2D eigenvalue weighted by Gasteiger charge is 2.34. The molecule has 0 aromatic carbocycles. The van der Waals surface area contributed by atoms with Crippen LogP contribution in [0.2, 0.25) is 0 Å². The van der Waals surface area contributed by atoms with Crippen LogP contribution < -0.4 is 0 Å². The monoisotopic (exact) mass is 308 g/mol. The molecule has 116 valence electrons. The second-order valence-electron chi connectivity index (χ2n) is 5.69. The van der Waals surface area contributed by atoms with Gasteiger partial charge in [0.25, 0.3) is 5.91 Å². The molecule has 1 aliphatic heterocycles. The summed E-state index contributed by atoms with van der Waals surface area (Å²) in [5.41, 5.74) is 1.95. The Hall–Kier alpha value is -2.83. The Morgan fingerprint density at radius 1 is 1.22 bits per heavy atom. The zero-order valence-corrected chi connectivity index (χ0v) is 12.8. The lowest BCUT2D eigenvalue weighted by atomic mass is 10.2. The largest absolute Gasteiger partial charge is 0.327 e. The van der Waals surface area contributed by atoms with Gasteiger partial charge < -0.3 is 4.90 Å². The van der Waals surface area contributed by atoms with Gasteiger partial charge in [-0.1, -0.05) is 6.07 Å². The zero-order valence-electron chi connectivity index (χ0n) is 12.8. The van der Waals surface area contributed by atoms with Crippen molar-refractivity contribution in [3.63, 3.8) is 0 Å². The summed E-state index contributed by atoms with van der Waals surface area (Å²) in [6, 6.07) is 5.69. The first-order chi connectivity index (χ1) is 11.2. The molecule has 1 aliphatic rings. The first kappa shape index (κ1) is 13.8. The maximum Gasteiger partial charge on any atom is 0.274 e. The minimum atomic E-state index is -0.104. The van der Waals surface area contributed by atoms with Crippen LogP contribution in [0.15, 0.2) is 36.8 Å². The SMILES string of the molecule is Cc1cnc(C(=O)N2CCC[C@H]2c2nnc3ccccn23)cn1. The van der Waals surface area contributed by atoms with Gasteiger partial charge in [-0.2, -0.15) is 0 Å². The molecule has 0 radical (unpaired) electrons. The number of aryl methyl sites for hydroxylation is 1. The average Bonchev–Trinajstić information content (AvgIpc) is 3.21. The second kappa shape index (κ2) is 5.42. The smallest absolute Gasteiger partial charge is 0.274 e. The van der Waals surface area contributed by atoms with Crippen molar-refractivity contribution in [1.29, 1.82) is 0 Å². The summed E-state index contributed by atoms with van der Waals surface area (Å²) in [4.78, 5) is 23.0. The molecule has 1 fully saturated rings. The summed E-state index contributed by atoms with van der Waals surface area (Å²) in [6.07, 6.45) is 6.90. The zero-order chi connectivity index (χ0) is 15.8. The normalized spacial score (nSPS) is 17.8. The quantitative estimate of drug-likeness (QED) is 0.721. The van der Waals surface area contributed by atoms with Crippen molar-refractivity contribution in [2.24, 2.45) is 0 Å². The van der Waals surface area contributed by atoms with E-state index in [0.717, 1.165) is 30.0 Å². The number of rotatable bonds is 2. The molecule has 7 heteroatoms. The summed E-state index contributed by atoms with van der Waals surface area (Å²) in [5, 5.41) is 8.49. The molecule has 3 aromatic heterocycles. The van der Waals surface area contributed by atoms with Crippen LogP contribution in [-0.4, -0.2) is 41.9 Å². The van der Waals surface area contributed by atoms with E-state index in [2.05, 4.69) is 20.2 Å². The van der Waals surface area contributed by atoms with Gasteiger partial charge in [0.05, 0.1) is 17.9 Å². The molecule has 0 unspecified atom stereocenters. The van der Waals surface area contributed by atoms with Crippen molar-refractivity contribution in [2.45, 2.75) is 25.8 Å². The molecule has 0 spiro atoms. The van der Waals surface area contributed by atoms with E-state index >= 15 is 0 Å². The Balaban J connectivity index is 1.69. The van der Waals surface area contributed by atoms with Crippen LogP contribution >= 0.6 is 0 Å². The van der Waals surface area contributed by atoms with Crippen LogP contribution in [0.25, 0.3) is 5.65 Å². The first-order valence-corrected chi connectivity index (χ1v) is 7.63. The van der Waals surface area contributed by atoms with E-state index in [-0.39, 0.29) is 11.9 Å². The molecule has 1 atom stereocenters. The van der Waals surface area contributed by atoms with Crippen molar-refractivity contribution in [3.8, 4) is 0 Å². The maximum absolute atomic E-state index is 12.8. The molecular formula is C16H16N6O. The van der Waals surface area contributed by atoms with E-state index in [1.807, 2.05) is 40.6 Å². The van der Waals surface area contributed by atoms with Gasteiger partial charge in [-0.05, 0) is 31.9 Å². The van der Waals surface area contributed by atoms with Crippen LogP contribution in [0.5, 0.6) is 0 Å². The van der Waals surface area contributed by atoms with E-state index in [4.69, 9.17) is 0 Å². The molecule has 4 rings (SSSR count). The lowest BCUT2D eigenvalue weighted by Crippen LogP contribution is -2.32. The van der Waals surface area contributed by atoms with E-state index < -0.39 is 0 Å². The molecule has 3 aromatic rings. The number of nitrogens with zero attached hydrogens (tertiary/aromatic N) is 6. The molecule has 1 amide bonds. The Bertz CT molecular complexity index is 856. The lowest BCUT2D eigenvalue weighted by molar-refractivity contribution is 0.0722. The van der Waals surface area contributed by atoms with Gasteiger partial charge in [-0.3, -0.25) is 14.2 Å². The van der Waals surface area contributed by atoms with Crippen molar-refractivity contribution >= 4 is 11.6 Å². The number of hydrogen-bond acceptors (Lipinski definition) is 5. The predicted octanol–water partition coefficient (Wildman–Crippen LogP) is 1.81. The lowest BCUT2D eigenvalue weighted by Gasteiger charge is -2.23. The van der Waals surface area contributed by atoms with Gasteiger partial charge in [0.2, 0.25) is 0 Å². The average molecular weight is 308 g/mol. The summed E-state index contributed by atoms with van der Waals surface area (Å²) in [7, 11) is 0. The molecule has 4 heterocycles. The van der Waals surface area contributed by atoms with Crippen LogP contribution in [0.3, 0.4) is 0 Å². The third kappa shape index (κ3) is 2.34. The third-order valence-corrected chi connectivity index (χ3v) is 4.15. The summed E-state index contributed by atoms with van der Waals surface area (Å²) >= 11 is 0. The predicted molar refractivity (Wildman–Crippen MR) is 82.8 cm³/mol. The van der Waals surface area contributed by atoms with Crippen LogP contribution in [0, 0.1) is 6.92 Å². The number of amides is 1. The molecule has 7 nitrogen and oxygen atoms in total. The van der Waals surface area contributed by atoms with Gasteiger partial charge in [-0.25, -0.2) is 4.98 Å². The Kier molecular flexibility index (Phi) is 3.25. The van der Waals surface area contributed by atoms with Gasteiger partial charge in [-0.15, -0.1) is 10.2 Å². The first-order valence-electron chi connectivity index (χ1n) is 7.63. The van der Waals surface area contributed by atoms with Crippen molar-refractivity contribution in [2.75, 3.05) is 6.54 Å². The van der Waals surface area contributed by atoms with Gasteiger partial charge in [0.15, 0.2) is 11.5 Å². The number of carbonyl (C=O) groups excluding carboxylic acids is 1. The van der Waals surface area contributed by atoms with E-state index in [1.165, 1.54) is 6.20 Å². The summed E-state index contributed by atoms with van der Waals surface area (Å²) in [5.74, 6) is 0.694. The van der Waals surface area contributed by atoms with E-state index in [1.54, 1.807) is 6.20 Å². The van der Waals surface area contributed by atoms with Crippen LogP contribution in [0.1, 0.15) is 40.9 Å². The fourth-order valence-electron chi connectivity index (χ4n) is 3.02. The van der Waals surface area contributed by atoms with E-state index in [9.17, 15) is 4.79 Å². The van der Waals surface area contributed by atoms with Gasteiger partial charge in [0, 0.05) is 18.9 Å². The molecule has 0 bridgehead atoms. The Morgan fingerprint density at radius 3 is 2.96 bits per heavy atom. The summed E-state index contributed by atoms with van der Waals surface area (Å²) < 4.78 is 1.94. The number of likely N-dealkylation sites (tertiary alicyclic amines) is 1. The number of pyridine rings is 1. The standard InChI is InChI=1S/C16H16N6O/c1-11-9-18-12(10-17-11)16(23)21-8-4-5-13(21)15-20-19-14-6-2-3-7-22(14)15/h2-3,6-7,9-10,13H,4-5,8H2,1H3/t13-/m0/s1. The number of carbonyl (C=O) groups is 1. The molecule has 0 aliphatic carbocycles. The molecule has 0 saturated carbocycles. The highest BCUT2D eigenvalue weighted by atomic mass is 16.2. The van der Waals surface area contributed by atoms with Gasteiger partial charge >= 0.3 is 0 Å². The number of fused-ring (bicyclic) bond motifs is 1. The van der Waals surface area contributed by atoms with Crippen molar-refractivity contribution < 1.29 is 4.79 Å². The topological polar surface area (TPSA) is 76.3 Å². The summed E-state index contributed by atoms with van der Waals surface area (Å²) in [6.45, 7) is 2.54. The fourth-order valence-corrected chi connectivity index (χ4v) is 3.02. The fraction of sp³-hybridized carbons (Fsp3) is 0.312. The molecule has 23 heavy (non-hydrogen) atoms. The minimum Gasteiger partial charge on any atom is -0.327 e. The number of aromatic nitrogens is 5. The maximum atomic E-state index is 12.8. The third-order valence-electron chi connectivity index (χ3n) is 4.15. The second-order valence-corrected chi connectivity index (χ2v) is 5.69. The molecule has 1 saturated heterocycles. The van der Waals surface area contributed by atoms with Crippen molar-refractivity contribution in [3.05, 3.63) is 54.0 Å². The van der Waals surface area contributed by atoms with Crippen molar-refractivity contribution in [1.82, 2.24) is 29.5 Å². The highest BCUT2D eigenvalue weighted by molar-refractivity contribution is 5.92. The molecule has 0 N–H and O–H groups in total. The van der Waals surface area contributed by atoms with Gasteiger partial charge in [0.1, 0.15) is 5.69 Å². The Morgan fingerprint density at radius 2 is 2.13 bits per heavy atom. The van der Waals surface area contributed by atoms with Crippen LogP contribution in [-0.2, 0) is 0 Å².